The van der Waals surface area contributed by atoms with Crippen molar-refractivity contribution in [3.8, 4) is 5.75 Å². The molecular formula is C15H22ClNO. The molecule has 100 valence electrons. The van der Waals surface area contributed by atoms with Crippen LogP contribution in [0, 0.1) is 11.8 Å². The normalized spacial score (nSPS) is 23.3. The van der Waals surface area contributed by atoms with Crippen molar-refractivity contribution >= 4 is 11.6 Å². The van der Waals surface area contributed by atoms with Gasteiger partial charge in [-0.2, -0.15) is 0 Å². The lowest BCUT2D eigenvalue weighted by molar-refractivity contribution is 0.405. The summed E-state index contributed by atoms with van der Waals surface area (Å²) in [4.78, 5) is 0. The van der Waals surface area contributed by atoms with Crippen LogP contribution < -0.4 is 10.1 Å². The maximum absolute atomic E-state index is 6.21. The quantitative estimate of drug-likeness (QED) is 0.874. The fourth-order valence-electron chi connectivity index (χ4n) is 2.81. The Labute approximate surface area is 115 Å². The number of benzene rings is 1. The van der Waals surface area contributed by atoms with E-state index in [1.54, 1.807) is 7.11 Å². The van der Waals surface area contributed by atoms with Crippen LogP contribution in [-0.4, -0.2) is 13.7 Å². The Kier molecular flexibility index (Phi) is 4.90. The van der Waals surface area contributed by atoms with Crippen LogP contribution in [0.1, 0.15) is 31.7 Å². The molecule has 0 saturated heterocycles. The van der Waals surface area contributed by atoms with Crippen molar-refractivity contribution in [2.24, 2.45) is 11.8 Å². The van der Waals surface area contributed by atoms with Gasteiger partial charge in [0.15, 0.2) is 0 Å². The SMILES string of the molecule is COc1cccc(Cl)c1CNCC1CCC(C)C1. The summed E-state index contributed by atoms with van der Waals surface area (Å²) in [5.74, 6) is 2.59. The molecule has 2 rings (SSSR count). The van der Waals surface area contributed by atoms with Crippen molar-refractivity contribution in [3.05, 3.63) is 28.8 Å². The van der Waals surface area contributed by atoms with Crippen LogP contribution in [0.15, 0.2) is 18.2 Å². The Morgan fingerprint density at radius 3 is 2.89 bits per heavy atom. The summed E-state index contributed by atoms with van der Waals surface area (Å²) >= 11 is 6.21. The van der Waals surface area contributed by atoms with Crippen LogP contribution in [0.3, 0.4) is 0 Å². The molecule has 0 radical (unpaired) electrons. The fraction of sp³-hybridized carbons (Fsp3) is 0.600. The van der Waals surface area contributed by atoms with Gasteiger partial charge in [0, 0.05) is 17.1 Å². The van der Waals surface area contributed by atoms with Crippen molar-refractivity contribution in [1.82, 2.24) is 5.32 Å². The highest BCUT2D eigenvalue weighted by Crippen LogP contribution is 2.30. The predicted octanol–water partition coefficient (Wildman–Crippen LogP) is 3.87. The van der Waals surface area contributed by atoms with Crippen LogP contribution in [0.4, 0.5) is 0 Å². The van der Waals surface area contributed by atoms with E-state index in [9.17, 15) is 0 Å². The Morgan fingerprint density at radius 1 is 1.39 bits per heavy atom. The van der Waals surface area contributed by atoms with Gasteiger partial charge in [0.2, 0.25) is 0 Å². The van der Waals surface area contributed by atoms with Crippen molar-refractivity contribution in [2.75, 3.05) is 13.7 Å². The fourth-order valence-corrected chi connectivity index (χ4v) is 3.05. The van der Waals surface area contributed by atoms with Crippen LogP contribution >= 0.6 is 11.6 Å². The molecule has 1 aromatic rings. The zero-order valence-electron chi connectivity index (χ0n) is 11.2. The van der Waals surface area contributed by atoms with Gasteiger partial charge < -0.3 is 10.1 Å². The minimum atomic E-state index is 0.779. The third-order valence-electron chi connectivity index (χ3n) is 3.83. The first-order valence-electron chi connectivity index (χ1n) is 6.72. The molecule has 1 aromatic carbocycles. The first-order valence-corrected chi connectivity index (χ1v) is 7.10. The van der Waals surface area contributed by atoms with E-state index >= 15 is 0 Å². The van der Waals surface area contributed by atoms with Gasteiger partial charge in [-0.3, -0.25) is 0 Å². The number of methoxy groups -OCH3 is 1. The first kappa shape index (κ1) is 13.7. The van der Waals surface area contributed by atoms with E-state index in [1.807, 2.05) is 18.2 Å². The highest BCUT2D eigenvalue weighted by molar-refractivity contribution is 6.31. The number of halogens is 1. The summed E-state index contributed by atoms with van der Waals surface area (Å²) in [5, 5.41) is 4.29. The van der Waals surface area contributed by atoms with Crippen molar-refractivity contribution in [3.63, 3.8) is 0 Å². The van der Waals surface area contributed by atoms with E-state index in [1.165, 1.54) is 19.3 Å². The van der Waals surface area contributed by atoms with E-state index in [0.717, 1.165) is 41.3 Å². The van der Waals surface area contributed by atoms with Gasteiger partial charge in [0.25, 0.3) is 0 Å². The van der Waals surface area contributed by atoms with E-state index in [4.69, 9.17) is 16.3 Å². The molecule has 1 aliphatic carbocycles. The molecular weight excluding hydrogens is 246 g/mol. The summed E-state index contributed by atoms with van der Waals surface area (Å²) in [6.07, 6.45) is 4.09. The number of hydrogen-bond donors (Lipinski definition) is 1. The molecule has 18 heavy (non-hydrogen) atoms. The zero-order chi connectivity index (χ0) is 13.0. The number of hydrogen-bond acceptors (Lipinski definition) is 2. The third-order valence-corrected chi connectivity index (χ3v) is 4.19. The lowest BCUT2D eigenvalue weighted by atomic mass is 10.1. The summed E-state index contributed by atoms with van der Waals surface area (Å²) in [5.41, 5.74) is 1.06. The Hall–Kier alpha value is -0.730. The maximum Gasteiger partial charge on any atom is 0.124 e. The summed E-state index contributed by atoms with van der Waals surface area (Å²) < 4.78 is 5.34. The second kappa shape index (κ2) is 6.44. The monoisotopic (exact) mass is 267 g/mol. The van der Waals surface area contributed by atoms with Gasteiger partial charge >= 0.3 is 0 Å². The van der Waals surface area contributed by atoms with Gasteiger partial charge in [-0.25, -0.2) is 0 Å². The predicted molar refractivity (Wildman–Crippen MR) is 76.2 cm³/mol. The Balaban J connectivity index is 1.86. The standard InChI is InChI=1S/C15H22ClNO/c1-11-6-7-12(8-11)9-17-10-13-14(16)4-3-5-15(13)18-2/h3-5,11-12,17H,6-10H2,1-2H3. The molecule has 0 bridgehead atoms. The van der Waals surface area contributed by atoms with Gasteiger partial charge in [-0.15, -0.1) is 0 Å². The topological polar surface area (TPSA) is 21.3 Å². The molecule has 1 N–H and O–H groups in total. The van der Waals surface area contributed by atoms with Gasteiger partial charge in [-0.05, 0) is 43.4 Å². The second-order valence-corrected chi connectivity index (χ2v) is 5.74. The molecule has 0 amide bonds. The zero-order valence-corrected chi connectivity index (χ0v) is 12.0. The molecule has 2 nitrogen and oxygen atoms in total. The average Bonchev–Trinajstić information content (AvgIpc) is 2.77. The smallest absolute Gasteiger partial charge is 0.124 e. The third kappa shape index (κ3) is 3.39. The number of rotatable bonds is 5. The largest absolute Gasteiger partial charge is 0.496 e. The van der Waals surface area contributed by atoms with Gasteiger partial charge in [0.1, 0.15) is 5.75 Å². The molecule has 0 heterocycles. The first-order chi connectivity index (χ1) is 8.70. The Bertz CT molecular complexity index is 394. The summed E-state index contributed by atoms with van der Waals surface area (Å²) in [6, 6.07) is 5.79. The average molecular weight is 268 g/mol. The molecule has 0 aromatic heterocycles. The minimum Gasteiger partial charge on any atom is -0.496 e. The lowest BCUT2D eigenvalue weighted by Crippen LogP contribution is -2.21. The van der Waals surface area contributed by atoms with Gasteiger partial charge in [-0.1, -0.05) is 31.0 Å². The molecule has 2 atom stereocenters. The maximum atomic E-state index is 6.21. The molecule has 2 unspecified atom stereocenters. The van der Waals surface area contributed by atoms with Crippen LogP contribution in [0.5, 0.6) is 5.75 Å². The second-order valence-electron chi connectivity index (χ2n) is 5.34. The minimum absolute atomic E-state index is 0.779. The van der Waals surface area contributed by atoms with Crippen LogP contribution in [0.25, 0.3) is 0 Å². The molecule has 0 spiro atoms. The molecule has 1 saturated carbocycles. The van der Waals surface area contributed by atoms with E-state index in [0.29, 0.717) is 0 Å². The van der Waals surface area contributed by atoms with Crippen LogP contribution in [-0.2, 0) is 6.54 Å². The summed E-state index contributed by atoms with van der Waals surface area (Å²) in [6.45, 7) is 4.21. The number of ether oxygens (including phenoxy) is 1. The molecule has 1 fully saturated rings. The molecule has 1 aliphatic rings. The number of nitrogens with one attached hydrogen (secondary N) is 1. The van der Waals surface area contributed by atoms with Crippen molar-refractivity contribution in [2.45, 2.75) is 32.7 Å². The Morgan fingerprint density at radius 2 is 2.22 bits per heavy atom. The van der Waals surface area contributed by atoms with Crippen molar-refractivity contribution in [1.29, 1.82) is 0 Å². The summed E-state index contributed by atoms with van der Waals surface area (Å²) in [7, 11) is 1.69. The molecule has 3 heteroatoms. The van der Waals surface area contributed by atoms with Gasteiger partial charge in [0.05, 0.1) is 7.11 Å². The molecule has 0 aliphatic heterocycles. The van der Waals surface area contributed by atoms with E-state index in [-0.39, 0.29) is 0 Å². The highest BCUT2D eigenvalue weighted by atomic mass is 35.5. The highest BCUT2D eigenvalue weighted by Gasteiger charge is 2.20. The van der Waals surface area contributed by atoms with Crippen LogP contribution in [0.2, 0.25) is 5.02 Å². The van der Waals surface area contributed by atoms with E-state index in [2.05, 4.69) is 12.2 Å². The van der Waals surface area contributed by atoms with Crippen molar-refractivity contribution < 1.29 is 4.74 Å². The van der Waals surface area contributed by atoms with E-state index < -0.39 is 0 Å². The lowest BCUT2D eigenvalue weighted by Gasteiger charge is -2.14.